The summed E-state index contributed by atoms with van der Waals surface area (Å²) in [6.45, 7) is 14.6. The Kier molecular flexibility index (Phi) is 7.49. The average molecular weight is 432 g/mol. The summed E-state index contributed by atoms with van der Waals surface area (Å²) in [4.78, 5) is 27.8. The fourth-order valence-electron chi connectivity index (χ4n) is 3.78. The molecule has 1 aliphatic rings. The zero-order chi connectivity index (χ0) is 23.1. The van der Waals surface area contributed by atoms with E-state index in [4.69, 9.17) is 4.74 Å². The number of ether oxygens (including phenoxy) is 1. The summed E-state index contributed by atoms with van der Waals surface area (Å²) >= 11 is 0. The summed E-state index contributed by atoms with van der Waals surface area (Å²) in [7, 11) is 0. The number of hydrogen-bond acceptors (Lipinski definition) is 4. The van der Waals surface area contributed by atoms with Crippen LogP contribution in [0.3, 0.4) is 0 Å². The van der Waals surface area contributed by atoms with E-state index in [9.17, 15) is 9.59 Å². The Hall–Kier alpha value is -3.80. The second kappa shape index (κ2) is 10.5. The first-order valence-electron chi connectivity index (χ1n) is 10.6. The number of hydrogen-bond donors (Lipinski definition) is 0. The van der Waals surface area contributed by atoms with Crippen LogP contribution in [0, 0.1) is 0 Å². The van der Waals surface area contributed by atoms with Crippen molar-refractivity contribution < 1.29 is 9.53 Å². The molecule has 1 aliphatic heterocycles. The molecule has 6 heteroatoms. The second-order valence-corrected chi connectivity index (χ2v) is 7.37. The molecule has 3 rings (SSSR count). The standard InChI is InChI=1S/C26H29N3O3/c1-5-12-21(7-3)22(13-6-2)29-19-27(8-4)26(31)24-25(23(30)16-17-28(24)29)32-18-20-14-10-9-11-15-20/h5-7,9-12,14-17,22H,1-3,8,13,18-19H2,4H3/b21-12+. The van der Waals surface area contributed by atoms with E-state index in [0.29, 0.717) is 19.6 Å². The number of amides is 1. The maximum atomic E-state index is 13.3. The third kappa shape index (κ3) is 4.59. The van der Waals surface area contributed by atoms with Gasteiger partial charge in [-0.05, 0) is 24.5 Å². The van der Waals surface area contributed by atoms with Gasteiger partial charge in [0.25, 0.3) is 5.91 Å². The molecular weight excluding hydrogens is 402 g/mol. The van der Waals surface area contributed by atoms with Gasteiger partial charge in [0, 0.05) is 18.8 Å². The lowest BCUT2D eigenvalue weighted by atomic mass is 10.0. The monoisotopic (exact) mass is 431 g/mol. The Bertz CT molecular complexity index is 1090. The lowest BCUT2D eigenvalue weighted by Gasteiger charge is -2.43. The minimum absolute atomic E-state index is 0.0507. The first kappa shape index (κ1) is 22.9. The molecule has 0 spiro atoms. The van der Waals surface area contributed by atoms with Crippen LogP contribution in [-0.4, -0.2) is 34.7 Å². The number of nitrogens with zero attached hydrogens (tertiary/aromatic N) is 3. The highest BCUT2D eigenvalue weighted by atomic mass is 16.5. The Morgan fingerprint density at radius 2 is 1.91 bits per heavy atom. The van der Waals surface area contributed by atoms with Crippen molar-refractivity contribution >= 4 is 5.91 Å². The first-order valence-corrected chi connectivity index (χ1v) is 10.6. The molecule has 0 bridgehead atoms. The molecule has 1 aromatic heterocycles. The molecule has 32 heavy (non-hydrogen) atoms. The maximum Gasteiger partial charge on any atom is 0.277 e. The van der Waals surface area contributed by atoms with Crippen LogP contribution in [0.4, 0.5) is 0 Å². The third-order valence-electron chi connectivity index (χ3n) is 5.41. The minimum Gasteiger partial charge on any atom is -0.482 e. The minimum atomic E-state index is -0.329. The van der Waals surface area contributed by atoms with E-state index < -0.39 is 0 Å². The van der Waals surface area contributed by atoms with Crippen LogP contribution in [0.5, 0.6) is 5.75 Å². The van der Waals surface area contributed by atoms with E-state index >= 15 is 0 Å². The molecular formula is C26H29N3O3. The van der Waals surface area contributed by atoms with Crippen LogP contribution in [0.25, 0.3) is 0 Å². The number of aromatic nitrogens is 1. The number of fused-ring (bicyclic) bond motifs is 1. The quantitative estimate of drug-likeness (QED) is 0.421. The predicted octanol–water partition coefficient (Wildman–Crippen LogP) is 4.04. The predicted molar refractivity (Wildman–Crippen MR) is 128 cm³/mol. The first-order chi connectivity index (χ1) is 15.5. The second-order valence-electron chi connectivity index (χ2n) is 7.37. The van der Waals surface area contributed by atoms with E-state index in [1.807, 2.05) is 54.4 Å². The number of allylic oxidation sites excluding steroid dienone is 2. The molecule has 0 N–H and O–H groups in total. The van der Waals surface area contributed by atoms with Crippen molar-refractivity contribution in [3.8, 4) is 5.75 Å². The topological polar surface area (TPSA) is 54.8 Å². The molecule has 0 saturated heterocycles. The van der Waals surface area contributed by atoms with E-state index in [1.54, 1.807) is 27.9 Å². The largest absolute Gasteiger partial charge is 0.482 e. The van der Waals surface area contributed by atoms with Crippen molar-refractivity contribution in [3.63, 3.8) is 0 Å². The molecule has 2 heterocycles. The molecule has 0 fully saturated rings. The van der Waals surface area contributed by atoms with Crippen molar-refractivity contribution in [1.29, 1.82) is 0 Å². The summed E-state index contributed by atoms with van der Waals surface area (Å²) in [6, 6.07) is 10.8. The molecule has 2 aromatic rings. The summed E-state index contributed by atoms with van der Waals surface area (Å²) in [6.07, 6.45) is 9.44. The van der Waals surface area contributed by atoms with Gasteiger partial charge in [-0.15, -0.1) is 6.58 Å². The highest BCUT2D eigenvalue weighted by molar-refractivity contribution is 5.96. The molecule has 1 atom stereocenters. The van der Waals surface area contributed by atoms with Crippen molar-refractivity contribution in [2.45, 2.75) is 26.0 Å². The fourth-order valence-corrected chi connectivity index (χ4v) is 3.78. The van der Waals surface area contributed by atoms with Gasteiger partial charge in [-0.3, -0.25) is 19.3 Å². The highest BCUT2D eigenvalue weighted by Crippen LogP contribution is 2.26. The van der Waals surface area contributed by atoms with Gasteiger partial charge in [0.15, 0.2) is 11.4 Å². The van der Waals surface area contributed by atoms with E-state index in [0.717, 1.165) is 11.1 Å². The van der Waals surface area contributed by atoms with E-state index in [2.05, 4.69) is 19.7 Å². The smallest absolute Gasteiger partial charge is 0.277 e. The van der Waals surface area contributed by atoms with Gasteiger partial charge in [0.1, 0.15) is 13.3 Å². The zero-order valence-corrected chi connectivity index (χ0v) is 18.4. The van der Waals surface area contributed by atoms with Gasteiger partial charge in [0.2, 0.25) is 5.43 Å². The molecule has 1 aromatic carbocycles. The van der Waals surface area contributed by atoms with Gasteiger partial charge in [-0.25, -0.2) is 0 Å². The van der Waals surface area contributed by atoms with Gasteiger partial charge < -0.3 is 9.64 Å². The lowest BCUT2D eigenvalue weighted by Crippen LogP contribution is -2.58. The molecule has 1 unspecified atom stereocenters. The van der Waals surface area contributed by atoms with E-state index in [-0.39, 0.29) is 35.4 Å². The van der Waals surface area contributed by atoms with Crippen molar-refractivity contribution in [3.05, 3.63) is 114 Å². The number of pyridine rings is 1. The van der Waals surface area contributed by atoms with Crippen LogP contribution in [0.1, 0.15) is 29.4 Å². The summed E-state index contributed by atoms with van der Waals surface area (Å²) < 4.78 is 7.66. The van der Waals surface area contributed by atoms with Crippen LogP contribution in [0.15, 0.2) is 97.0 Å². The van der Waals surface area contributed by atoms with Gasteiger partial charge >= 0.3 is 0 Å². The third-order valence-corrected chi connectivity index (χ3v) is 5.41. The fraction of sp³-hybridized carbons (Fsp3) is 0.231. The molecule has 1 amide bonds. The van der Waals surface area contributed by atoms with Crippen LogP contribution in [0.2, 0.25) is 0 Å². The number of carbonyl (C=O) groups excluding carboxylic acids is 1. The Morgan fingerprint density at radius 1 is 1.16 bits per heavy atom. The zero-order valence-electron chi connectivity index (χ0n) is 18.4. The molecule has 0 saturated carbocycles. The number of benzene rings is 1. The normalized spacial score (nSPS) is 14.5. The molecule has 166 valence electrons. The summed E-state index contributed by atoms with van der Waals surface area (Å²) in [5, 5.41) is 2.02. The summed E-state index contributed by atoms with van der Waals surface area (Å²) in [5.74, 6) is -0.190. The Balaban J connectivity index is 2.12. The molecule has 0 radical (unpaired) electrons. The highest BCUT2D eigenvalue weighted by Gasteiger charge is 2.35. The summed E-state index contributed by atoms with van der Waals surface area (Å²) in [5.41, 5.74) is 1.73. The van der Waals surface area contributed by atoms with Gasteiger partial charge in [-0.1, -0.05) is 67.8 Å². The van der Waals surface area contributed by atoms with Crippen LogP contribution >= 0.6 is 0 Å². The van der Waals surface area contributed by atoms with Gasteiger partial charge in [0.05, 0.1) is 6.04 Å². The van der Waals surface area contributed by atoms with Crippen LogP contribution < -0.4 is 15.2 Å². The number of carbonyl (C=O) groups is 1. The Morgan fingerprint density at radius 3 is 2.53 bits per heavy atom. The average Bonchev–Trinajstić information content (AvgIpc) is 2.82. The molecule has 6 nitrogen and oxygen atoms in total. The molecule has 0 aliphatic carbocycles. The van der Waals surface area contributed by atoms with Crippen molar-refractivity contribution in [2.75, 3.05) is 18.2 Å². The van der Waals surface area contributed by atoms with Crippen molar-refractivity contribution in [2.24, 2.45) is 0 Å². The SMILES string of the molecule is C=C/C=C(\C=C)C(CC=C)N1CN(CC)C(=O)c2c(OCc3ccccc3)c(=O)ccn21. The van der Waals surface area contributed by atoms with Crippen LogP contribution in [-0.2, 0) is 6.61 Å². The van der Waals surface area contributed by atoms with E-state index in [1.165, 1.54) is 6.07 Å². The number of rotatable bonds is 10. The van der Waals surface area contributed by atoms with Gasteiger partial charge in [-0.2, -0.15) is 0 Å². The van der Waals surface area contributed by atoms with Crippen molar-refractivity contribution in [1.82, 2.24) is 9.58 Å². The Labute approximate surface area is 189 Å². The lowest BCUT2D eigenvalue weighted by molar-refractivity contribution is 0.0687. The maximum absolute atomic E-state index is 13.3.